The van der Waals surface area contributed by atoms with Gasteiger partial charge in [-0.25, -0.2) is 14.2 Å². The maximum absolute atomic E-state index is 13.6. The molecule has 24 heavy (non-hydrogen) atoms. The first kappa shape index (κ1) is 17.1. The maximum atomic E-state index is 13.6. The zero-order valence-electron chi connectivity index (χ0n) is 12.7. The molecule has 122 valence electrons. The lowest BCUT2D eigenvalue weighted by Gasteiger charge is -2.07. The van der Waals surface area contributed by atoms with E-state index < -0.39 is 17.5 Å². The predicted molar refractivity (Wildman–Crippen MR) is 83.4 cm³/mol. The van der Waals surface area contributed by atoms with Crippen molar-refractivity contribution < 1.29 is 18.3 Å². The van der Waals surface area contributed by atoms with Gasteiger partial charge in [0.15, 0.2) is 6.61 Å². The summed E-state index contributed by atoms with van der Waals surface area (Å²) in [5.74, 6) is -1.58. The molecular formula is C17H13F2N3O2. The molecule has 0 bridgehead atoms. The molecule has 0 atom stereocenters. The number of ether oxygens (including phenoxy) is 1. The van der Waals surface area contributed by atoms with E-state index in [4.69, 9.17) is 10.00 Å². The summed E-state index contributed by atoms with van der Waals surface area (Å²) in [4.78, 5) is 11.7. The molecule has 0 radical (unpaired) electrons. The van der Waals surface area contributed by atoms with Crippen LogP contribution in [0.1, 0.15) is 18.1 Å². The largest absolute Gasteiger partial charge is 0.482 e. The molecule has 1 N–H and O–H groups in total. The van der Waals surface area contributed by atoms with E-state index in [1.165, 1.54) is 6.92 Å². The molecular weight excluding hydrogens is 316 g/mol. The Kier molecular flexibility index (Phi) is 5.58. The summed E-state index contributed by atoms with van der Waals surface area (Å²) >= 11 is 0. The third-order valence-electron chi connectivity index (χ3n) is 3.03. The van der Waals surface area contributed by atoms with Crippen molar-refractivity contribution >= 4 is 11.6 Å². The number of hydrogen-bond donors (Lipinski definition) is 1. The van der Waals surface area contributed by atoms with Gasteiger partial charge in [0, 0.05) is 5.56 Å². The molecule has 0 spiro atoms. The van der Waals surface area contributed by atoms with Crippen LogP contribution >= 0.6 is 0 Å². The topological polar surface area (TPSA) is 74.5 Å². The highest BCUT2D eigenvalue weighted by Gasteiger charge is 2.09. The molecule has 2 aromatic rings. The Labute approximate surface area is 137 Å². The SMILES string of the molecule is C/C(=N/NC(=O)COc1ccccc1C#N)c1cc(F)ccc1F. The first-order valence-corrected chi connectivity index (χ1v) is 6.91. The zero-order chi connectivity index (χ0) is 17.5. The number of nitriles is 1. The Hall–Kier alpha value is -3.27. The highest BCUT2D eigenvalue weighted by molar-refractivity contribution is 5.99. The van der Waals surface area contributed by atoms with E-state index in [-0.39, 0.29) is 23.6 Å². The Morgan fingerprint density at radius 3 is 2.79 bits per heavy atom. The summed E-state index contributed by atoms with van der Waals surface area (Å²) in [5.41, 5.74) is 2.54. The highest BCUT2D eigenvalue weighted by Crippen LogP contribution is 2.16. The molecule has 0 aliphatic rings. The van der Waals surface area contributed by atoms with Crippen molar-refractivity contribution in [1.29, 1.82) is 5.26 Å². The standard InChI is InChI=1S/C17H13F2N3O2/c1-11(14-8-13(18)6-7-15(14)19)21-22-17(23)10-24-16-5-3-2-4-12(16)9-20/h2-8H,10H2,1H3,(H,22,23)/b21-11-. The number of rotatable bonds is 5. The number of para-hydroxylation sites is 1. The fourth-order valence-electron chi connectivity index (χ4n) is 1.84. The normalized spacial score (nSPS) is 10.8. The van der Waals surface area contributed by atoms with Gasteiger partial charge in [0.05, 0.1) is 11.3 Å². The number of hydrazone groups is 1. The Morgan fingerprint density at radius 1 is 1.29 bits per heavy atom. The van der Waals surface area contributed by atoms with E-state index in [0.717, 1.165) is 18.2 Å². The van der Waals surface area contributed by atoms with Gasteiger partial charge in [-0.05, 0) is 37.3 Å². The number of amides is 1. The number of nitrogens with zero attached hydrogens (tertiary/aromatic N) is 2. The molecule has 0 saturated heterocycles. The van der Waals surface area contributed by atoms with Crippen LogP contribution < -0.4 is 10.2 Å². The van der Waals surface area contributed by atoms with Crippen molar-refractivity contribution in [3.63, 3.8) is 0 Å². The van der Waals surface area contributed by atoms with Crippen LogP contribution in [0.15, 0.2) is 47.6 Å². The first-order chi connectivity index (χ1) is 11.5. The minimum absolute atomic E-state index is 0.0500. The maximum Gasteiger partial charge on any atom is 0.277 e. The molecule has 0 aromatic heterocycles. The molecule has 0 heterocycles. The number of carbonyl (C=O) groups is 1. The van der Waals surface area contributed by atoms with Crippen LogP contribution in [0.2, 0.25) is 0 Å². The Morgan fingerprint density at radius 2 is 2.04 bits per heavy atom. The van der Waals surface area contributed by atoms with Crippen LogP contribution in [-0.2, 0) is 4.79 Å². The van der Waals surface area contributed by atoms with Crippen LogP contribution in [0.3, 0.4) is 0 Å². The summed E-state index contributed by atoms with van der Waals surface area (Å²) in [7, 11) is 0. The number of carbonyl (C=O) groups excluding carboxylic acids is 1. The van der Waals surface area contributed by atoms with E-state index in [1.54, 1.807) is 24.3 Å². The van der Waals surface area contributed by atoms with Crippen LogP contribution in [-0.4, -0.2) is 18.2 Å². The van der Waals surface area contributed by atoms with Crippen LogP contribution in [0.5, 0.6) is 5.75 Å². The lowest BCUT2D eigenvalue weighted by Crippen LogP contribution is -2.26. The monoisotopic (exact) mass is 329 g/mol. The minimum Gasteiger partial charge on any atom is -0.482 e. The van der Waals surface area contributed by atoms with Gasteiger partial charge in [0.2, 0.25) is 0 Å². The van der Waals surface area contributed by atoms with Crippen molar-refractivity contribution in [1.82, 2.24) is 5.43 Å². The quantitative estimate of drug-likeness (QED) is 0.677. The summed E-state index contributed by atoms with van der Waals surface area (Å²) < 4.78 is 31.9. The van der Waals surface area contributed by atoms with Crippen molar-refractivity contribution in [2.45, 2.75) is 6.92 Å². The number of nitrogens with one attached hydrogen (secondary N) is 1. The average Bonchev–Trinajstić information content (AvgIpc) is 2.60. The van der Waals surface area contributed by atoms with Gasteiger partial charge in [-0.2, -0.15) is 10.4 Å². The van der Waals surface area contributed by atoms with E-state index in [1.807, 2.05) is 6.07 Å². The van der Waals surface area contributed by atoms with Gasteiger partial charge < -0.3 is 4.74 Å². The highest BCUT2D eigenvalue weighted by atomic mass is 19.1. The van der Waals surface area contributed by atoms with Crippen LogP contribution in [0.4, 0.5) is 8.78 Å². The molecule has 0 aliphatic carbocycles. The molecule has 0 aliphatic heterocycles. The van der Waals surface area contributed by atoms with Gasteiger partial charge in [-0.1, -0.05) is 12.1 Å². The summed E-state index contributed by atoms with van der Waals surface area (Å²) in [6.07, 6.45) is 0. The lowest BCUT2D eigenvalue weighted by molar-refractivity contribution is -0.123. The zero-order valence-corrected chi connectivity index (χ0v) is 12.7. The Balaban J connectivity index is 1.97. The molecule has 0 saturated carbocycles. The molecule has 2 rings (SSSR count). The second-order valence-electron chi connectivity index (χ2n) is 4.75. The third-order valence-corrected chi connectivity index (χ3v) is 3.03. The summed E-state index contributed by atoms with van der Waals surface area (Å²) in [6.45, 7) is 1.06. The van der Waals surface area contributed by atoms with Crippen LogP contribution in [0.25, 0.3) is 0 Å². The van der Waals surface area contributed by atoms with Gasteiger partial charge >= 0.3 is 0 Å². The van der Waals surface area contributed by atoms with Gasteiger partial charge in [-0.3, -0.25) is 4.79 Å². The number of halogens is 2. The van der Waals surface area contributed by atoms with Crippen LogP contribution in [0, 0.1) is 23.0 Å². The molecule has 5 nitrogen and oxygen atoms in total. The van der Waals surface area contributed by atoms with Crippen molar-refractivity contribution in [2.24, 2.45) is 5.10 Å². The van der Waals surface area contributed by atoms with E-state index >= 15 is 0 Å². The molecule has 0 unspecified atom stereocenters. The fraction of sp³-hybridized carbons (Fsp3) is 0.118. The lowest BCUT2D eigenvalue weighted by atomic mass is 10.1. The molecule has 2 aromatic carbocycles. The third kappa shape index (κ3) is 4.36. The van der Waals surface area contributed by atoms with E-state index in [2.05, 4.69) is 10.5 Å². The van der Waals surface area contributed by atoms with Crippen molar-refractivity contribution in [3.8, 4) is 11.8 Å². The average molecular weight is 329 g/mol. The Bertz CT molecular complexity index is 829. The second kappa shape index (κ2) is 7.83. The number of benzene rings is 2. The van der Waals surface area contributed by atoms with Crippen molar-refractivity contribution in [3.05, 3.63) is 65.2 Å². The van der Waals surface area contributed by atoms with Crippen molar-refractivity contribution in [2.75, 3.05) is 6.61 Å². The smallest absolute Gasteiger partial charge is 0.277 e. The van der Waals surface area contributed by atoms with E-state index in [0.29, 0.717) is 5.56 Å². The second-order valence-corrected chi connectivity index (χ2v) is 4.75. The first-order valence-electron chi connectivity index (χ1n) is 6.91. The van der Waals surface area contributed by atoms with Gasteiger partial charge in [0.25, 0.3) is 5.91 Å². The predicted octanol–water partition coefficient (Wildman–Crippen LogP) is 2.76. The molecule has 0 fully saturated rings. The van der Waals surface area contributed by atoms with Gasteiger partial charge in [-0.15, -0.1) is 0 Å². The minimum atomic E-state index is -0.647. The fourth-order valence-corrected chi connectivity index (χ4v) is 1.84. The molecule has 1 amide bonds. The number of hydrogen-bond acceptors (Lipinski definition) is 4. The van der Waals surface area contributed by atoms with Gasteiger partial charge in [0.1, 0.15) is 23.5 Å². The molecule has 7 heteroatoms. The van der Waals surface area contributed by atoms with E-state index in [9.17, 15) is 13.6 Å². The summed E-state index contributed by atoms with van der Waals surface area (Å²) in [5, 5.41) is 12.6. The summed E-state index contributed by atoms with van der Waals surface area (Å²) in [6, 6.07) is 11.4.